The molecule has 4 nitrogen and oxygen atoms in total. The van der Waals surface area contributed by atoms with Gasteiger partial charge in [0.2, 0.25) is 5.91 Å². The number of aliphatic carboxylic acids is 1. The first-order valence-electron chi connectivity index (χ1n) is 8.47. The first-order chi connectivity index (χ1) is 12.5. The molecule has 6 heteroatoms. The Morgan fingerprint density at radius 3 is 2.58 bits per heavy atom. The van der Waals surface area contributed by atoms with Crippen molar-refractivity contribution in [2.45, 2.75) is 31.2 Å². The zero-order chi connectivity index (χ0) is 18.7. The van der Waals surface area contributed by atoms with Crippen molar-refractivity contribution in [3.8, 4) is 0 Å². The van der Waals surface area contributed by atoms with Gasteiger partial charge in [0, 0.05) is 12.3 Å². The van der Waals surface area contributed by atoms with Gasteiger partial charge in [-0.25, -0.2) is 8.78 Å². The van der Waals surface area contributed by atoms with Gasteiger partial charge in [0.15, 0.2) is 0 Å². The van der Waals surface area contributed by atoms with Crippen molar-refractivity contribution in [1.29, 1.82) is 0 Å². The monoisotopic (exact) mass is 359 g/mol. The minimum absolute atomic E-state index is 0.0769. The van der Waals surface area contributed by atoms with E-state index in [0.29, 0.717) is 6.42 Å². The van der Waals surface area contributed by atoms with Crippen molar-refractivity contribution >= 4 is 11.9 Å². The number of hydrogen-bond acceptors (Lipinski definition) is 2. The summed E-state index contributed by atoms with van der Waals surface area (Å²) in [4.78, 5) is 23.4. The molecule has 1 aliphatic carbocycles. The molecule has 0 aliphatic heterocycles. The van der Waals surface area contributed by atoms with Gasteiger partial charge in [0.1, 0.15) is 11.6 Å². The molecule has 0 bridgehead atoms. The van der Waals surface area contributed by atoms with E-state index < -0.39 is 29.6 Å². The van der Waals surface area contributed by atoms with E-state index in [1.165, 1.54) is 0 Å². The lowest BCUT2D eigenvalue weighted by molar-refractivity contribution is -0.137. The first kappa shape index (κ1) is 18.0. The zero-order valence-corrected chi connectivity index (χ0v) is 14.0. The third-order valence-corrected chi connectivity index (χ3v) is 4.65. The van der Waals surface area contributed by atoms with Gasteiger partial charge in [-0.05, 0) is 48.1 Å². The van der Waals surface area contributed by atoms with Gasteiger partial charge in [-0.2, -0.15) is 0 Å². The van der Waals surface area contributed by atoms with E-state index >= 15 is 0 Å². The molecule has 1 aliphatic rings. The van der Waals surface area contributed by atoms with Crippen LogP contribution in [0.3, 0.4) is 0 Å². The summed E-state index contributed by atoms with van der Waals surface area (Å²) in [6.45, 7) is 0. The van der Waals surface area contributed by atoms with Crippen molar-refractivity contribution in [3.05, 3.63) is 71.3 Å². The fourth-order valence-electron chi connectivity index (χ4n) is 3.18. The van der Waals surface area contributed by atoms with Crippen LogP contribution < -0.4 is 5.32 Å². The van der Waals surface area contributed by atoms with Crippen molar-refractivity contribution < 1.29 is 23.5 Å². The van der Waals surface area contributed by atoms with Gasteiger partial charge in [-0.3, -0.25) is 9.59 Å². The molecule has 1 fully saturated rings. The Morgan fingerprint density at radius 2 is 1.88 bits per heavy atom. The number of benzene rings is 2. The van der Waals surface area contributed by atoms with E-state index in [2.05, 4.69) is 5.32 Å². The number of carboxylic acids is 1. The summed E-state index contributed by atoms with van der Waals surface area (Å²) in [6.07, 6.45) is 0.635. The Morgan fingerprint density at radius 1 is 1.15 bits per heavy atom. The SMILES string of the molecule is O=C(O)CCC(NC(=O)C1CC1c1cc(F)ccc1F)c1ccccc1. The molecule has 0 saturated heterocycles. The molecule has 2 aromatic rings. The van der Waals surface area contributed by atoms with Crippen molar-refractivity contribution in [3.63, 3.8) is 0 Å². The van der Waals surface area contributed by atoms with Crippen molar-refractivity contribution in [2.75, 3.05) is 0 Å². The molecule has 0 aromatic heterocycles. The number of nitrogens with one attached hydrogen (secondary N) is 1. The molecule has 0 spiro atoms. The Bertz CT molecular complexity index is 810. The molecule has 3 atom stereocenters. The normalized spacial score (nSPS) is 19.6. The number of rotatable bonds is 7. The zero-order valence-electron chi connectivity index (χ0n) is 14.0. The van der Waals surface area contributed by atoms with Crippen LogP contribution >= 0.6 is 0 Å². The highest BCUT2D eigenvalue weighted by molar-refractivity contribution is 5.83. The molecule has 136 valence electrons. The Balaban J connectivity index is 1.68. The molecular formula is C20H19F2NO3. The average molecular weight is 359 g/mol. The highest BCUT2D eigenvalue weighted by Gasteiger charge is 2.45. The van der Waals surface area contributed by atoms with Crippen LogP contribution in [0.4, 0.5) is 8.78 Å². The summed E-state index contributed by atoms with van der Waals surface area (Å²) in [7, 11) is 0. The van der Waals surface area contributed by atoms with E-state index in [1.54, 1.807) is 0 Å². The maximum Gasteiger partial charge on any atom is 0.303 e. The smallest absolute Gasteiger partial charge is 0.303 e. The fraction of sp³-hybridized carbons (Fsp3) is 0.300. The molecule has 0 radical (unpaired) electrons. The number of amides is 1. The van der Waals surface area contributed by atoms with Gasteiger partial charge in [-0.15, -0.1) is 0 Å². The predicted octanol–water partition coefficient (Wildman–Crippen LogP) is 3.79. The average Bonchev–Trinajstić information content (AvgIpc) is 3.42. The largest absolute Gasteiger partial charge is 0.481 e. The first-order valence-corrected chi connectivity index (χ1v) is 8.47. The van der Waals surface area contributed by atoms with E-state index in [0.717, 1.165) is 23.8 Å². The third kappa shape index (κ3) is 4.25. The minimum atomic E-state index is -0.939. The summed E-state index contributed by atoms with van der Waals surface area (Å²) in [6, 6.07) is 11.9. The highest BCUT2D eigenvalue weighted by Crippen LogP contribution is 2.48. The van der Waals surface area contributed by atoms with Crippen LogP contribution in [0.25, 0.3) is 0 Å². The lowest BCUT2D eigenvalue weighted by atomic mass is 10.0. The lowest BCUT2D eigenvalue weighted by Gasteiger charge is -2.18. The van der Waals surface area contributed by atoms with E-state index in [-0.39, 0.29) is 30.2 Å². The molecule has 2 N–H and O–H groups in total. The van der Waals surface area contributed by atoms with Crippen LogP contribution in [-0.2, 0) is 9.59 Å². The summed E-state index contributed by atoms with van der Waals surface area (Å²) >= 11 is 0. The molecule has 26 heavy (non-hydrogen) atoms. The highest BCUT2D eigenvalue weighted by atomic mass is 19.1. The number of hydrogen-bond donors (Lipinski definition) is 2. The second kappa shape index (κ2) is 7.64. The van der Waals surface area contributed by atoms with Gasteiger partial charge in [0.25, 0.3) is 0 Å². The topological polar surface area (TPSA) is 66.4 Å². The third-order valence-electron chi connectivity index (χ3n) is 4.65. The van der Waals surface area contributed by atoms with Crippen LogP contribution in [0.2, 0.25) is 0 Å². The second-order valence-corrected chi connectivity index (χ2v) is 6.52. The Labute approximate surface area is 149 Å². The molecule has 3 rings (SSSR count). The van der Waals surface area contributed by atoms with Crippen LogP contribution in [0.1, 0.15) is 42.3 Å². The van der Waals surface area contributed by atoms with Crippen LogP contribution in [-0.4, -0.2) is 17.0 Å². The summed E-state index contributed by atoms with van der Waals surface area (Å²) in [5.41, 5.74) is 1.03. The molecule has 1 saturated carbocycles. The van der Waals surface area contributed by atoms with Crippen molar-refractivity contribution in [1.82, 2.24) is 5.32 Å². The number of halogens is 2. The molecule has 2 aromatic carbocycles. The van der Waals surface area contributed by atoms with Crippen LogP contribution in [0, 0.1) is 17.6 Å². The van der Waals surface area contributed by atoms with Gasteiger partial charge < -0.3 is 10.4 Å². The van der Waals surface area contributed by atoms with Crippen LogP contribution in [0.5, 0.6) is 0 Å². The standard InChI is InChI=1S/C20H19F2NO3/c21-13-6-7-17(22)15(10-13)14-11-16(14)20(26)23-18(8-9-19(24)25)12-4-2-1-3-5-12/h1-7,10,14,16,18H,8-9,11H2,(H,23,26)(H,24,25). The molecule has 1 amide bonds. The maximum absolute atomic E-state index is 13.9. The Hall–Kier alpha value is -2.76. The summed E-state index contributed by atoms with van der Waals surface area (Å²) in [5, 5.41) is 11.8. The second-order valence-electron chi connectivity index (χ2n) is 6.52. The lowest BCUT2D eigenvalue weighted by Crippen LogP contribution is -2.30. The summed E-state index contributed by atoms with van der Waals surface area (Å²) < 4.78 is 27.2. The van der Waals surface area contributed by atoms with Gasteiger partial charge in [0.05, 0.1) is 6.04 Å². The molecular weight excluding hydrogens is 340 g/mol. The van der Waals surface area contributed by atoms with Gasteiger partial charge >= 0.3 is 5.97 Å². The number of carboxylic acid groups (broad SMARTS) is 1. The van der Waals surface area contributed by atoms with E-state index in [1.807, 2.05) is 30.3 Å². The minimum Gasteiger partial charge on any atom is -0.481 e. The summed E-state index contributed by atoms with van der Waals surface area (Å²) in [5.74, 6) is -3.03. The number of carbonyl (C=O) groups excluding carboxylic acids is 1. The predicted molar refractivity (Wildman–Crippen MR) is 91.4 cm³/mol. The van der Waals surface area contributed by atoms with Crippen LogP contribution in [0.15, 0.2) is 48.5 Å². The van der Waals surface area contributed by atoms with E-state index in [4.69, 9.17) is 5.11 Å². The van der Waals surface area contributed by atoms with Crippen molar-refractivity contribution in [2.24, 2.45) is 5.92 Å². The molecule has 0 heterocycles. The Kier molecular flexibility index (Phi) is 5.30. The molecule has 3 unspecified atom stereocenters. The maximum atomic E-state index is 13.9. The quantitative estimate of drug-likeness (QED) is 0.790. The fourth-order valence-corrected chi connectivity index (χ4v) is 3.18. The van der Waals surface area contributed by atoms with E-state index in [9.17, 15) is 18.4 Å². The number of carbonyl (C=O) groups is 2. The van der Waals surface area contributed by atoms with Gasteiger partial charge in [-0.1, -0.05) is 30.3 Å².